The number of primary amides is 1. The molecule has 1 rings (SSSR count). The molecule has 0 spiro atoms. The first-order valence-electron chi connectivity index (χ1n) is 6.64. The Morgan fingerprint density at radius 1 is 1.30 bits per heavy atom. The molecular weight excluding hydrogens is 256 g/mol. The SMILES string of the molecule is COC(=O)C(CC(C)C)NCc1ccccc1C(N)=O. The minimum Gasteiger partial charge on any atom is -0.468 e. The first kappa shape index (κ1) is 16.2. The van der Waals surface area contributed by atoms with Crippen molar-refractivity contribution < 1.29 is 14.3 Å². The van der Waals surface area contributed by atoms with Crippen molar-refractivity contribution in [1.29, 1.82) is 0 Å². The Morgan fingerprint density at radius 3 is 2.50 bits per heavy atom. The van der Waals surface area contributed by atoms with Crippen molar-refractivity contribution >= 4 is 11.9 Å². The smallest absolute Gasteiger partial charge is 0.322 e. The van der Waals surface area contributed by atoms with E-state index in [0.29, 0.717) is 24.4 Å². The standard InChI is InChI=1S/C15H22N2O3/c1-10(2)8-13(15(19)20-3)17-9-11-6-4-5-7-12(11)14(16)18/h4-7,10,13,17H,8-9H2,1-3H3,(H2,16,18). The summed E-state index contributed by atoms with van der Waals surface area (Å²) < 4.78 is 4.79. The zero-order chi connectivity index (χ0) is 15.1. The van der Waals surface area contributed by atoms with Crippen LogP contribution < -0.4 is 11.1 Å². The van der Waals surface area contributed by atoms with E-state index in [-0.39, 0.29) is 12.0 Å². The Kier molecular flexibility index (Phi) is 6.18. The molecule has 1 aromatic carbocycles. The van der Waals surface area contributed by atoms with E-state index in [4.69, 9.17) is 10.5 Å². The number of ether oxygens (including phenoxy) is 1. The molecule has 1 aromatic rings. The molecule has 0 fully saturated rings. The highest BCUT2D eigenvalue weighted by atomic mass is 16.5. The van der Waals surface area contributed by atoms with E-state index in [1.165, 1.54) is 7.11 Å². The van der Waals surface area contributed by atoms with Gasteiger partial charge in [0.05, 0.1) is 7.11 Å². The Hall–Kier alpha value is -1.88. The van der Waals surface area contributed by atoms with E-state index in [0.717, 1.165) is 5.56 Å². The van der Waals surface area contributed by atoms with Gasteiger partial charge >= 0.3 is 5.97 Å². The third-order valence-electron chi connectivity index (χ3n) is 3.01. The summed E-state index contributed by atoms with van der Waals surface area (Å²) in [6, 6.07) is 6.70. The van der Waals surface area contributed by atoms with Crippen molar-refractivity contribution in [2.24, 2.45) is 11.7 Å². The Bertz CT molecular complexity index is 472. The number of hydrogen-bond acceptors (Lipinski definition) is 4. The van der Waals surface area contributed by atoms with Crippen molar-refractivity contribution in [1.82, 2.24) is 5.32 Å². The lowest BCUT2D eigenvalue weighted by atomic mass is 10.0. The molecule has 110 valence electrons. The summed E-state index contributed by atoms with van der Waals surface area (Å²) in [5.74, 6) is -0.408. The maximum absolute atomic E-state index is 11.7. The van der Waals surface area contributed by atoms with Gasteiger partial charge < -0.3 is 15.8 Å². The van der Waals surface area contributed by atoms with Crippen LogP contribution in [-0.4, -0.2) is 25.0 Å². The highest BCUT2D eigenvalue weighted by molar-refractivity contribution is 5.94. The average Bonchev–Trinajstić information content (AvgIpc) is 2.42. The highest BCUT2D eigenvalue weighted by Crippen LogP contribution is 2.11. The van der Waals surface area contributed by atoms with Gasteiger partial charge in [0.1, 0.15) is 6.04 Å². The van der Waals surface area contributed by atoms with Crippen molar-refractivity contribution in [2.75, 3.05) is 7.11 Å². The molecular formula is C15H22N2O3. The minimum absolute atomic E-state index is 0.296. The van der Waals surface area contributed by atoms with Crippen LogP contribution in [0.5, 0.6) is 0 Å². The zero-order valence-corrected chi connectivity index (χ0v) is 12.2. The number of hydrogen-bond donors (Lipinski definition) is 2. The number of carbonyl (C=O) groups excluding carboxylic acids is 2. The van der Waals surface area contributed by atoms with Crippen LogP contribution in [0.15, 0.2) is 24.3 Å². The van der Waals surface area contributed by atoms with Crippen molar-refractivity contribution in [3.8, 4) is 0 Å². The van der Waals surface area contributed by atoms with E-state index in [1.54, 1.807) is 12.1 Å². The van der Waals surface area contributed by atoms with Crippen LogP contribution in [0.25, 0.3) is 0 Å². The van der Waals surface area contributed by atoms with Gasteiger partial charge in [0.25, 0.3) is 0 Å². The number of rotatable bonds is 7. The summed E-state index contributed by atoms with van der Waals surface area (Å²) in [7, 11) is 1.37. The van der Waals surface area contributed by atoms with Gasteiger partial charge in [0, 0.05) is 12.1 Å². The predicted octanol–water partition coefficient (Wildman–Crippen LogP) is 1.46. The van der Waals surface area contributed by atoms with Gasteiger partial charge in [-0.05, 0) is 24.0 Å². The van der Waals surface area contributed by atoms with Gasteiger partial charge in [-0.15, -0.1) is 0 Å². The second-order valence-corrected chi connectivity index (χ2v) is 5.11. The van der Waals surface area contributed by atoms with Crippen molar-refractivity contribution in [3.05, 3.63) is 35.4 Å². The molecule has 1 atom stereocenters. The molecule has 5 nitrogen and oxygen atoms in total. The number of carbonyl (C=O) groups is 2. The van der Waals surface area contributed by atoms with E-state index in [2.05, 4.69) is 5.32 Å². The molecule has 0 saturated heterocycles. The van der Waals surface area contributed by atoms with Crippen LogP contribution in [0.1, 0.15) is 36.2 Å². The fourth-order valence-corrected chi connectivity index (χ4v) is 2.02. The number of esters is 1. The summed E-state index contributed by atoms with van der Waals surface area (Å²) in [5, 5.41) is 3.13. The van der Waals surface area contributed by atoms with Gasteiger partial charge in [0.15, 0.2) is 0 Å². The molecule has 1 amide bonds. The van der Waals surface area contributed by atoms with Gasteiger partial charge in [0.2, 0.25) is 5.91 Å². The number of nitrogens with two attached hydrogens (primary N) is 1. The van der Waals surface area contributed by atoms with Crippen LogP contribution >= 0.6 is 0 Å². The third kappa shape index (κ3) is 4.66. The van der Waals surface area contributed by atoms with E-state index >= 15 is 0 Å². The van der Waals surface area contributed by atoms with Crippen LogP contribution in [0.3, 0.4) is 0 Å². The molecule has 20 heavy (non-hydrogen) atoms. The summed E-state index contributed by atoms with van der Waals surface area (Å²) in [6.07, 6.45) is 0.672. The average molecular weight is 278 g/mol. The zero-order valence-electron chi connectivity index (χ0n) is 12.2. The van der Waals surface area contributed by atoms with Gasteiger partial charge in [-0.3, -0.25) is 9.59 Å². The first-order chi connectivity index (χ1) is 9.45. The number of methoxy groups -OCH3 is 1. The monoisotopic (exact) mass is 278 g/mol. The molecule has 0 radical (unpaired) electrons. The van der Waals surface area contributed by atoms with Gasteiger partial charge in [-0.2, -0.15) is 0 Å². The topological polar surface area (TPSA) is 81.4 Å². The van der Waals surface area contributed by atoms with Crippen LogP contribution in [0.2, 0.25) is 0 Å². The summed E-state index contributed by atoms with van der Waals surface area (Å²) in [4.78, 5) is 23.0. The van der Waals surface area contributed by atoms with Crippen LogP contribution in [-0.2, 0) is 16.1 Å². The van der Waals surface area contributed by atoms with Gasteiger partial charge in [-0.1, -0.05) is 32.0 Å². The second kappa shape index (κ2) is 7.65. The first-order valence-corrected chi connectivity index (χ1v) is 6.64. The Morgan fingerprint density at radius 2 is 1.95 bits per heavy atom. The Labute approximate surface area is 119 Å². The summed E-state index contributed by atoms with van der Waals surface area (Å²) in [5.41, 5.74) is 6.57. The lowest BCUT2D eigenvalue weighted by molar-refractivity contribution is -0.143. The summed E-state index contributed by atoms with van der Waals surface area (Å²) in [6.45, 7) is 4.47. The Balaban J connectivity index is 2.77. The molecule has 0 aliphatic rings. The fraction of sp³-hybridized carbons (Fsp3) is 0.467. The molecule has 0 saturated carbocycles. The lowest BCUT2D eigenvalue weighted by Gasteiger charge is -2.19. The largest absolute Gasteiger partial charge is 0.468 e. The normalized spacial score (nSPS) is 12.2. The van der Waals surface area contributed by atoms with Crippen molar-refractivity contribution in [3.63, 3.8) is 0 Å². The van der Waals surface area contributed by atoms with E-state index in [9.17, 15) is 9.59 Å². The number of benzene rings is 1. The number of nitrogens with one attached hydrogen (secondary N) is 1. The molecule has 0 bridgehead atoms. The molecule has 0 heterocycles. The highest BCUT2D eigenvalue weighted by Gasteiger charge is 2.20. The summed E-state index contributed by atoms with van der Waals surface area (Å²) >= 11 is 0. The van der Waals surface area contributed by atoms with Crippen molar-refractivity contribution in [2.45, 2.75) is 32.9 Å². The molecule has 0 aliphatic carbocycles. The molecule has 1 unspecified atom stereocenters. The number of amides is 1. The lowest BCUT2D eigenvalue weighted by Crippen LogP contribution is -2.38. The predicted molar refractivity (Wildman–Crippen MR) is 77.1 cm³/mol. The molecule has 3 N–H and O–H groups in total. The van der Waals surface area contributed by atoms with Crippen LogP contribution in [0, 0.1) is 5.92 Å². The minimum atomic E-state index is -0.471. The van der Waals surface area contributed by atoms with E-state index in [1.807, 2.05) is 26.0 Å². The van der Waals surface area contributed by atoms with Gasteiger partial charge in [-0.25, -0.2) is 0 Å². The second-order valence-electron chi connectivity index (χ2n) is 5.11. The third-order valence-corrected chi connectivity index (χ3v) is 3.01. The maximum Gasteiger partial charge on any atom is 0.322 e. The molecule has 5 heteroatoms. The molecule has 0 aliphatic heterocycles. The maximum atomic E-state index is 11.7. The quantitative estimate of drug-likeness (QED) is 0.740. The fourth-order valence-electron chi connectivity index (χ4n) is 2.02. The van der Waals surface area contributed by atoms with Crippen LogP contribution in [0.4, 0.5) is 0 Å². The van der Waals surface area contributed by atoms with E-state index < -0.39 is 5.91 Å². The molecule has 0 aromatic heterocycles.